The minimum Gasteiger partial charge on any atom is -0.0654 e. The molecule has 0 N–H and O–H groups in total. The predicted molar refractivity (Wildman–Crippen MR) is 138 cm³/mol. The normalized spacial score (nSPS) is 18.2. The molecule has 170 valence electrons. The SMILES string of the molecule is CCCCCCCCC1(C)c2cc(C(C)(C)C)ccc2-c2ccc(C(C)(C)CC)cc21. The van der Waals surface area contributed by atoms with Crippen LogP contribution < -0.4 is 0 Å². The van der Waals surface area contributed by atoms with Crippen molar-refractivity contribution < 1.29 is 0 Å². The van der Waals surface area contributed by atoms with Gasteiger partial charge in [0.15, 0.2) is 0 Å². The van der Waals surface area contributed by atoms with E-state index >= 15 is 0 Å². The minimum absolute atomic E-state index is 0.122. The number of fused-ring (bicyclic) bond motifs is 3. The van der Waals surface area contributed by atoms with Crippen molar-refractivity contribution in [1.82, 2.24) is 0 Å². The highest BCUT2D eigenvalue weighted by Crippen LogP contribution is 2.53. The molecule has 0 bridgehead atoms. The van der Waals surface area contributed by atoms with Crippen LogP contribution >= 0.6 is 0 Å². The van der Waals surface area contributed by atoms with Gasteiger partial charge in [-0.3, -0.25) is 0 Å². The number of benzene rings is 2. The fraction of sp³-hybridized carbons (Fsp3) is 0.613. The quantitative estimate of drug-likeness (QED) is 0.355. The zero-order chi connectivity index (χ0) is 22.9. The van der Waals surface area contributed by atoms with Crippen LogP contribution in [-0.2, 0) is 16.2 Å². The number of unbranched alkanes of at least 4 members (excludes halogenated alkanes) is 5. The van der Waals surface area contributed by atoms with Crippen molar-refractivity contribution >= 4 is 0 Å². The molecule has 1 aliphatic rings. The smallest absolute Gasteiger partial charge is 0.0187 e. The van der Waals surface area contributed by atoms with Crippen LogP contribution in [0.25, 0.3) is 11.1 Å². The van der Waals surface area contributed by atoms with Gasteiger partial charge in [-0.05, 0) is 57.1 Å². The molecule has 0 saturated carbocycles. The summed E-state index contributed by atoms with van der Waals surface area (Å²) in [4.78, 5) is 0. The molecule has 0 amide bonds. The van der Waals surface area contributed by atoms with Crippen molar-refractivity contribution in [3.8, 4) is 11.1 Å². The van der Waals surface area contributed by atoms with E-state index in [1.165, 1.54) is 73.6 Å². The van der Waals surface area contributed by atoms with Crippen molar-refractivity contribution in [2.75, 3.05) is 0 Å². The zero-order valence-electron chi connectivity index (χ0n) is 21.6. The molecule has 31 heavy (non-hydrogen) atoms. The summed E-state index contributed by atoms with van der Waals surface area (Å²) in [7, 11) is 0. The molecule has 0 aliphatic heterocycles. The molecular formula is C31H46. The van der Waals surface area contributed by atoms with Crippen LogP contribution in [0.5, 0.6) is 0 Å². The van der Waals surface area contributed by atoms with Crippen molar-refractivity contribution in [2.24, 2.45) is 0 Å². The van der Waals surface area contributed by atoms with Gasteiger partial charge in [0.25, 0.3) is 0 Å². The summed E-state index contributed by atoms with van der Waals surface area (Å²) < 4.78 is 0. The van der Waals surface area contributed by atoms with E-state index in [4.69, 9.17) is 0 Å². The van der Waals surface area contributed by atoms with E-state index in [0.29, 0.717) is 0 Å². The molecule has 2 aromatic rings. The van der Waals surface area contributed by atoms with Crippen LogP contribution in [0.4, 0.5) is 0 Å². The molecule has 0 radical (unpaired) electrons. The molecule has 1 atom stereocenters. The maximum Gasteiger partial charge on any atom is 0.0187 e. The van der Waals surface area contributed by atoms with Gasteiger partial charge in [-0.25, -0.2) is 0 Å². The Hall–Kier alpha value is -1.56. The second kappa shape index (κ2) is 9.13. The zero-order valence-corrected chi connectivity index (χ0v) is 21.6. The fourth-order valence-electron chi connectivity index (χ4n) is 5.24. The van der Waals surface area contributed by atoms with Gasteiger partial charge in [0.2, 0.25) is 0 Å². The highest BCUT2D eigenvalue weighted by molar-refractivity contribution is 5.81. The topological polar surface area (TPSA) is 0 Å². The fourth-order valence-corrected chi connectivity index (χ4v) is 5.24. The van der Waals surface area contributed by atoms with Gasteiger partial charge in [0.05, 0.1) is 0 Å². The van der Waals surface area contributed by atoms with Gasteiger partial charge in [-0.2, -0.15) is 0 Å². The Morgan fingerprint density at radius 2 is 1.19 bits per heavy atom. The molecule has 0 heterocycles. The summed E-state index contributed by atoms with van der Waals surface area (Å²) in [6.07, 6.45) is 10.6. The van der Waals surface area contributed by atoms with Crippen LogP contribution in [0.2, 0.25) is 0 Å². The standard InChI is InChI=1S/C31H46/c1-9-11-12-13-14-15-20-31(8)27-21-23(29(3,4)5)16-18-25(27)26-19-17-24(22-28(26)31)30(6,7)10-2/h16-19,21-22H,9-15,20H2,1-8H3. The first-order valence-corrected chi connectivity index (χ1v) is 12.8. The van der Waals surface area contributed by atoms with Crippen LogP contribution in [0.3, 0.4) is 0 Å². The van der Waals surface area contributed by atoms with Gasteiger partial charge < -0.3 is 0 Å². The monoisotopic (exact) mass is 418 g/mol. The van der Waals surface area contributed by atoms with Crippen LogP contribution in [-0.4, -0.2) is 0 Å². The molecule has 0 nitrogen and oxygen atoms in total. The van der Waals surface area contributed by atoms with Crippen LogP contribution in [0.15, 0.2) is 36.4 Å². The highest BCUT2D eigenvalue weighted by Gasteiger charge is 2.40. The lowest BCUT2D eigenvalue weighted by Crippen LogP contribution is -2.23. The van der Waals surface area contributed by atoms with E-state index in [2.05, 4.69) is 91.8 Å². The molecule has 0 spiro atoms. The third kappa shape index (κ3) is 4.79. The van der Waals surface area contributed by atoms with E-state index in [0.717, 1.165) is 0 Å². The van der Waals surface area contributed by atoms with E-state index in [9.17, 15) is 0 Å². The molecule has 0 fully saturated rings. The summed E-state index contributed by atoms with van der Waals surface area (Å²) in [6, 6.07) is 14.7. The first kappa shape index (κ1) is 24.1. The van der Waals surface area contributed by atoms with Crippen LogP contribution in [0, 0.1) is 0 Å². The Morgan fingerprint density at radius 1 is 0.677 bits per heavy atom. The Labute approximate surface area is 192 Å². The Balaban J connectivity index is 2.02. The largest absolute Gasteiger partial charge is 0.0654 e. The number of hydrogen-bond donors (Lipinski definition) is 0. The first-order chi connectivity index (χ1) is 14.5. The third-order valence-corrected chi connectivity index (χ3v) is 8.08. The summed E-state index contributed by atoms with van der Waals surface area (Å²) in [5.74, 6) is 0. The van der Waals surface area contributed by atoms with Crippen molar-refractivity contribution in [3.63, 3.8) is 0 Å². The Morgan fingerprint density at radius 3 is 1.74 bits per heavy atom. The third-order valence-electron chi connectivity index (χ3n) is 8.08. The van der Waals surface area contributed by atoms with E-state index < -0.39 is 0 Å². The maximum absolute atomic E-state index is 2.56. The van der Waals surface area contributed by atoms with E-state index in [1.807, 2.05) is 0 Å². The lowest BCUT2D eigenvalue weighted by Gasteiger charge is -2.31. The molecule has 1 unspecified atom stereocenters. The Kier molecular flexibility index (Phi) is 7.09. The average molecular weight is 419 g/mol. The lowest BCUT2D eigenvalue weighted by molar-refractivity contribution is 0.474. The summed E-state index contributed by atoms with van der Waals surface area (Å²) in [5, 5.41) is 0. The van der Waals surface area contributed by atoms with Crippen LogP contribution in [0.1, 0.15) is 129 Å². The van der Waals surface area contributed by atoms with Gasteiger partial charge in [-0.15, -0.1) is 0 Å². The lowest BCUT2D eigenvalue weighted by atomic mass is 9.72. The number of hydrogen-bond acceptors (Lipinski definition) is 0. The predicted octanol–water partition coefficient (Wildman–Crippen LogP) is 9.71. The first-order valence-electron chi connectivity index (χ1n) is 12.8. The second-order valence-electron chi connectivity index (χ2n) is 11.9. The van der Waals surface area contributed by atoms with Crippen molar-refractivity contribution in [1.29, 1.82) is 0 Å². The minimum atomic E-state index is 0.122. The molecular weight excluding hydrogens is 372 g/mol. The highest BCUT2D eigenvalue weighted by atomic mass is 14.4. The average Bonchev–Trinajstić information content (AvgIpc) is 2.98. The van der Waals surface area contributed by atoms with E-state index in [-0.39, 0.29) is 16.2 Å². The van der Waals surface area contributed by atoms with Gasteiger partial charge >= 0.3 is 0 Å². The van der Waals surface area contributed by atoms with Gasteiger partial charge in [0, 0.05) is 5.41 Å². The number of rotatable bonds is 9. The molecule has 0 heteroatoms. The summed E-state index contributed by atoms with van der Waals surface area (Å²) in [5.41, 5.74) is 9.56. The van der Waals surface area contributed by atoms with Crippen molar-refractivity contribution in [2.45, 2.75) is 123 Å². The molecule has 2 aromatic carbocycles. The van der Waals surface area contributed by atoms with Crippen molar-refractivity contribution in [3.05, 3.63) is 58.7 Å². The van der Waals surface area contributed by atoms with E-state index in [1.54, 1.807) is 11.1 Å². The van der Waals surface area contributed by atoms with Gasteiger partial charge in [0.1, 0.15) is 0 Å². The maximum atomic E-state index is 2.56. The molecule has 3 rings (SSSR count). The van der Waals surface area contributed by atoms with Gasteiger partial charge in [-0.1, -0.05) is 130 Å². The second-order valence-corrected chi connectivity index (χ2v) is 11.9. The molecule has 0 saturated heterocycles. The molecule has 0 aromatic heterocycles. The summed E-state index contributed by atoms with van der Waals surface area (Å²) in [6.45, 7) is 18.9. The molecule has 1 aliphatic carbocycles. The Bertz CT molecular complexity index is 893. The summed E-state index contributed by atoms with van der Waals surface area (Å²) >= 11 is 0.